The van der Waals surface area contributed by atoms with Gasteiger partial charge >= 0.3 is 0 Å². The van der Waals surface area contributed by atoms with Gasteiger partial charge in [-0.2, -0.15) is 4.98 Å². The molecule has 3 aromatic rings. The van der Waals surface area contributed by atoms with Gasteiger partial charge in [0.2, 0.25) is 0 Å². The summed E-state index contributed by atoms with van der Waals surface area (Å²) in [5.41, 5.74) is 2.88. The summed E-state index contributed by atoms with van der Waals surface area (Å²) in [6, 6.07) is 10.1. The molecule has 2 saturated heterocycles. The Morgan fingerprint density at radius 3 is 2.80 bits per heavy atom. The van der Waals surface area contributed by atoms with Gasteiger partial charge in [0.15, 0.2) is 11.8 Å². The van der Waals surface area contributed by atoms with Crippen molar-refractivity contribution < 1.29 is 18.9 Å². The van der Waals surface area contributed by atoms with Crippen LogP contribution in [-0.4, -0.2) is 53.1 Å². The number of fused-ring (bicyclic) bond motifs is 2. The van der Waals surface area contributed by atoms with Crippen LogP contribution in [0.2, 0.25) is 5.02 Å². The van der Waals surface area contributed by atoms with E-state index in [-0.39, 0.29) is 18.3 Å². The highest BCUT2D eigenvalue weighted by Crippen LogP contribution is 2.33. The first-order valence-corrected chi connectivity index (χ1v) is 10.8. The predicted molar refractivity (Wildman–Crippen MR) is 111 cm³/mol. The lowest BCUT2D eigenvalue weighted by molar-refractivity contribution is 0.0273. The smallest absolute Gasteiger partial charge is 0.296 e. The van der Waals surface area contributed by atoms with E-state index in [0.717, 1.165) is 35.8 Å². The SMILES string of the molecule is Clc1cc2[nH]c(OC3COC4CCOC43)nc2nc1-c1ccc(OCC2CC2)cc1. The molecule has 156 valence electrons. The minimum absolute atomic E-state index is 0.0361. The summed E-state index contributed by atoms with van der Waals surface area (Å²) in [6.45, 7) is 2.00. The molecule has 3 fully saturated rings. The van der Waals surface area contributed by atoms with Crippen LogP contribution in [0, 0.1) is 5.92 Å². The topological polar surface area (TPSA) is 78.5 Å². The van der Waals surface area contributed by atoms with Crippen molar-refractivity contribution in [2.24, 2.45) is 5.92 Å². The Kier molecular flexibility index (Phi) is 4.55. The Balaban J connectivity index is 1.22. The lowest BCUT2D eigenvalue weighted by Crippen LogP contribution is -2.32. The third-order valence-corrected chi connectivity index (χ3v) is 6.19. The van der Waals surface area contributed by atoms with E-state index in [0.29, 0.717) is 35.6 Å². The average Bonchev–Trinajstić information content (AvgIpc) is 3.14. The normalized spacial score (nSPS) is 25.6. The van der Waals surface area contributed by atoms with Crippen molar-refractivity contribution in [1.29, 1.82) is 0 Å². The minimum Gasteiger partial charge on any atom is -0.493 e. The number of ether oxygens (including phenoxy) is 4. The van der Waals surface area contributed by atoms with Crippen molar-refractivity contribution in [3.05, 3.63) is 35.4 Å². The van der Waals surface area contributed by atoms with Gasteiger partial charge in [-0.1, -0.05) is 11.6 Å². The van der Waals surface area contributed by atoms with E-state index in [1.165, 1.54) is 12.8 Å². The maximum Gasteiger partial charge on any atom is 0.296 e. The molecule has 1 N–H and O–H groups in total. The number of aromatic amines is 1. The van der Waals surface area contributed by atoms with E-state index in [9.17, 15) is 0 Å². The first kappa shape index (κ1) is 18.4. The molecule has 3 unspecified atom stereocenters. The lowest BCUT2D eigenvalue weighted by atomic mass is 10.1. The number of hydrogen-bond donors (Lipinski definition) is 1. The van der Waals surface area contributed by atoms with Gasteiger partial charge < -0.3 is 23.9 Å². The molecule has 1 aromatic carbocycles. The van der Waals surface area contributed by atoms with Crippen LogP contribution < -0.4 is 9.47 Å². The molecule has 2 aromatic heterocycles. The molecule has 0 spiro atoms. The second kappa shape index (κ2) is 7.41. The molecule has 8 heteroatoms. The second-order valence-electron chi connectivity index (χ2n) is 8.16. The van der Waals surface area contributed by atoms with Gasteiger partial charge in [0.1, 0.15) is 11.9 Å². The molecule has 30 heavy (non-hydrogen) atoms. The highest BCUT2D eigenvalue weighted by atomic mass is 35.5. The molecule has 0 bridgehead atoms. The van der Waals surface area contributed by atoms with E-state index in [4.69, 9.17) is 30.5 Å². The predicted octanol–water partition coefficient (Wildman–Crippen LogP) is 4.00. The fraction of sp³-hybridized carbons (Fsp3) is 0.455. The van der Waals surface area contributed by atoms with Crippen LogP contribution in [0.15, 0.2) is 30.3 Å². The maximum atomic E-state index is 6.52. The highest BCUT2D eigenvalue weighted by molar-refractivity contribution is 6.33. The van der Waals surface area contributed by atoms with Crippen LogP contribution in [0.1, 0.15) is 19.3 Å². The van der Waals surface area contributed by atoms with E-state index in [1.807, 2.05) is 30.3 Å². The number of hydrogen-bond acceptors (Lipinski definition) is 6. The van der Waals surface area contributed by atoms with E-state index < -0.39 is 0 Å². The van der Waals surface area contributed by atoms with Gasteiger partial charge in [0.25, 0.3) is 6.01 Å². The number of rotatable bonds is 6. The van der Waals surface area contributed by atoms with Gasteiger partial charge in [0, 0.05) is 12.2 Å². The monoisotopic (exact) mass is 427 g/mol. The number of imidazole rings is 1. The Labute approximate surface area is 178 Å². The minimum atomic E-state index is -0.170. The van der Waals surface area contributed by atoms with Crippen LogP contribution in [-0.2, 0) is 9.47 Å². The van der Waals surface area contributed by atoms with Crippen LogP contribution in [0.3, 0.4) is 0 Å². The summed E-state index contributed by atoms with van der Waals surface area (Å²) in [5, 5.41) is 0.549. The number of nitrogens with zero attached hydrogens (tertiary/aromatic N) is 2. The van der Waals surface area contributed by atoms with Gasteiger partial charge in [0.05, 0.1) is 35.6 Å². The number of benzene rings is 1. The molecule has 2 aliphatic heterocycles. The molecule has 7 nitrogen and oxygen atoms in total. The first-order chi connectivity index (χ1) is 14.7. The molecule has 4 heterocycles. The van der Waals surface area contributed by atoms with Crippen LogP contribution in [0.5, 0.6) is 11.8 Å². The number of halogens is 1. The molecular weight excluding hydrogens is 406 g/mol. The number of pyridine rings is 1. The zero-order valence-electron chi connectivity index (χ0n) is 16.3. The van der Waals surface area contributed by atoms with Gasteiger partial charge in [-0.15, -0.1) is 0 Å². The third kappa shape index (κ3) is 3.51. The highest BCUT2D eigenvalue weighted by Gasteiger charge is 2.43. The van der Waals surface area contributed by atoms with E-state index >= 15 is 0 Å². The molecule has 1 saturated carbocycles. The first-order valence-electron chi connectivity index (χ1n) is 10.4. The summed E-state index contributed by atoms with van der Waals surface area (Å²) in [7, 11) is 0. The average molecular weight is 428 g/mol. The fourth-order valence-corrected chi connectivity index (χ4v) is 4.30. The lowest BCUT2D eigenvalue weighted by Gasteiger charge is -2.15. The van der Waals surface area contributed by atoms with Crippen LogP contribution in [0.4, 0.5) is 0 Å². The number of nitrogens with one attached hydrogen (secondary N) is 1. The summed E-state index contributed by atoms with van der Waals surface area (Å²) < 4.78 is 23.3. The zero-order chi connectivity index (χ0) is 20.1. The van der Waals surface area contributed by atoms with Crippen molar-refractivity contribution in [2.75, 3.05) is 19.8 Å². The van der Waals surface area contributed by atoms with Gasteiger partial charge in [-0.25, -0.2) is 4.98 Å². The Bertz CT molecular complexity index is 1070. The number of aromatic nitrogens is 3. The summed E-state index contributed by atoms with van der Waals surface area (Å²) in [5.74, 6) is 1.59. The molecule has 3 aliphatic rings. The maximum absolute atomic E-state index is 6.52. The Morgan fingerprint density at radius 1 is 1.10 bits per heavy atom. The Hall–Kier alpha value is -2.35. The molecular formula is C22H22ClN3O4. The molecule has 3 atom stereocenters. The largest absolute Gasteiger partial charge is 0.493 e. The van der Waals surface area contributed by atoms with Crippen molar-refractivity contribution in [1.82, 2.24) is 15.0 Å². The summed E-state index contributed by atoms with van der Waals surface area (Å²) >= 11 is 6.52. The van der Waals surface area contributed by atoms with E-state index in [1.54, 1.807) is 0 Å². The fourth-order valence-electron chi connectivity index (χ4n) is 4.04. The summed E-state index contributed by atoms with van der Waals surface area (Å²) in [4.78, 5) is 12.3. The van der Waals surface area contributed by atoms with Crippen molar-refractivity contribution in [2.45, 2.75) is 37.6 Å². The van der Waals surface area contributed by atoms with Crippen LogP contribution >= 0.6 is 11.6 Å². The van der Waals surface area contributed by atoms with Gasteiger partial charge in [-0.3, -0.25) is 0 Å². The third-order valence-electron chi connectivity index (χ3n) is 5.90. The second-order valence-corrected chi connectivity index (χ2v) is 8.57. The van der Waals surface area contributed by atoms with Crippen molar-refractivity contribution in [3.63, 3.8) is 0 Å². The molecule has 6 rings (SSSR count). The van der Waals surface area contributed by atoms with Crippen molar-refractivity contribution in [3.8, 4) is 23.0 Å². The van der Waals surface area contributed by atoms with Crippen molar-refractivity contribution >= 4 is 22.8 Å². The zero-order valence-corrected chi connectivity index (χ0v) is 17.1. The van der Waals surface area contributed by atoms with Gasteiger partial charge in [-0.05, 0) is 55.5 Å². The molecule has 1 aliphatic carbocycles. The summed E-state index contributed by atoms with van der Waals surface area (Å²) in [6.07, 6.45) is 3.37. The number of H-pyrrole nitrogens is 1. The molecule has 0 radical (unpaired) electrons. The Morgan fingerprint density at radius 2 is 1.97 bits per heavy atom. The van der Waals surface area contributed by atoms with Crippen LogP contribution in [0.25, 0.3) is 22.4 Å². The standard InChI is InChI=1S/C22H22ClN3O4/c23-15-9-16-21(26-22(24-16)30-18-11-29-17-7-8-27-20(17)18)25-19(15)13-3-5-14(6-4-13)28-10-12-1-2-12/h3-6,9,12,17-18,20H,1-2,7-8,10-11H2,(H,24,25,26). The quantitative estimate of drug-likeness (QED) is 0.640. The molecule has 0 amide bonds. The van der Waals surface area contributed by atoms with E-state index in [2.05, 4.69) is 15.0 Å².